The lowest BCUT2D eigenvalue weighted by Gasteiger charge is -2.17. The van der Waals surface area contributed by atoms with Crippen LogP contribution in [0.15, 0.2) is 53.4 Å². The molecule has 1 fully saturated rings. The number of rotatable bonds is 4. The maximum Gasteiger partial charge on any atom is 0.261 e. The largest absolute Gasteiger partial charge is 0.312 e. The Labute approximate surface area is 141 Å². The number of nitrogens with one attached hydrogen (secondary N) is 1. The molecule has 0 saturated heterocycles. The molecule has 0 spiro atoms. The van der Waals surface area contributed by atoms with Crippen molar-refractivity contribution in [2.24, 2.45) is 5.92 Å². The number of carbonyl (C=O) groups is 1. The molecule has 2 aliphatic rings. The Morgan fingerprint density at radius 3 is 2.54 bits per heavy atom. The number of fused-ring (bicyclic) bond motifs is 1. The molecule has 4 rings (SSSR count). The fourth-order valence-electron chi connectivity index (χ4n) is 3.06. The van der Waals surface area contributed by atoms with E-state index < -0.39 is 10.0 Å². The number of hydrogen-bond donors (Lipinski definition) is 1. The van der Waals surface area contributed by atoms with Crippen molar-refractivity contribution in [2.45, 2.75) is 24.2 Å². The fourth-order valence-corrected chi connectivity index (χ4v) is 4.13. The van der Waals surface area contributed by atoms with Crippen LogP contribution >= 0.6 is 0 Å². The molecule has 1 aliphatic carbocycles. The van der Waals surface area contributed by atoms with E-state index in [0.29, 0.717) is 12.2 Å². The van der Waals surface area contributed by atoms with Gasteiger partial charge in [0.1, 0.15) is 0 Å². The first-order valence-electron chi connectivity index (χ1n) is 8.07. The predicted octanol–water partition coefficient (Wildman–Crippen LogP) is 2.79. The van der Waals surface area contributed by atoms with Gasteiger partial charge in [-0.1, -0.05) is 18.2 Å². The molecule has 0 radical (unpaired) electrons. The molecule has 1 saturated carbocycles. The summed E-state index contributed by atoms with van der Waals surface area (Å²) in [6.07, 6.45) is 2.73. The SMILES string of the molecule is O=C(C1CC1)N1CCc2cc(NS(=O)(=O)c3ccccc3)ccc21. The van der Waals surface area contributed by atoms with E-state index in [1.54, 1.807) is 36.4 Å². The summed E-state index contributed by atoms with van der Waals surface area (Å²) >= 11 is 0. The monoisotopic (exact) mass is 342 g/mol. The third-order valence-electron chi connectivity index (χ3n) is 4.47. The van der Waals surface area contributed by atoms with E-state index in [2.05, 4.69) is 4.72 Å². The highest BCUT2D eigenvalue weighted by atomic mass is 32.2. The number of sulfonamides is 1. The number of nitrogens with zero attached hydrogens (tertiary/aromatic N) is 1. The van der Waals surface area contributed by atoms with Crippen LogP contribution in [0.3, 0.4) is 0 Å². The van der Waals surface area contributed by atoms with E-state index in [1.165, 1.54) is 0 Å². The molecule has 0 unspecified atom stereocenters. The van der Waals surface area contributed by atoms with Crippen LogP contribution in [0.1, 0.15) is 18.4 Å². The quantitative estimate of drug-likeness (QED) is 0.929. The van der Waals surface area contributed by atoms with Crippen molar-refractivity contribution >= 4 is 27.3 Å². The Hall–Kier alpha value is -2.34. The Morgan fingerprint density at radius 1 is 1.08 bits per heavy atom. The van der Waals surface area contributed by atoms with Crippen LogP contribution in [-0.4, -0.2) is 20.9 Å². The van der Waals surface area contributed by atoms with Crippen LogP contribution in [0.5, 0.6) is 0 Å². The minimum absolute atomic E-state index is 0.187. The van der Waals surface area contributed by atoms with Gasteiger partial charge in [-0.2, -0.15) is 0 Å². The minimum atomic E-state index is -3.59. The highest BCUT2D eigenvalue weighted by Gasteiger charge is 2.36. The van der Waals surface area contributed by atoms with Gasteiger partial charge in [0, 0.05) is 23.8 Å². The molecule has 2 aromatic carbocycles. The van der Waals surface area contributed by atoms with Crippen LogP contribution in [-0.2, 0) is 21.2 Å². The third-order valence-corrected chi connectivity index (χ3v) is 5.87. The average molecular weight is 342 g/mol. The molecule has 1 N–H and O–H groups in total. The maximum absolute atomic E-state index is 12.4. The van der Waals surface area contributed by atoms with Crippen LogP contribution < -0.4 is 9.62 Å². The molecule has 1 heterocycles. The molecule has 24 heavy (non-hydrogen) atoms. The fraction of sp³-hybridized carbons (Fsp3) is 0.278. The smallest absolute Gasteiger partial charge is 0.261 e. The van der Waals surface area contributed by atoms with E-state index in [9.17, 15) is 13.2 Å². The molecule has 1 amide bonds. The minimum Gasteiger partial charge on any atom is -0.312 e. The molecule has 0 atom stereocenters. The third kappa shape index (κ3) is 2.78. The van der Waals surface area contributed by atoms with Crippen molar-refractivity contribution in [1.82, 2.24) is 0 Å². The molecule has 6 heteroatoms. The normalized spacial score (nSPS) is 16.8. The molecule has 0 aromatic heterocycles. The lowest BCUT2D eigenvalue weighted by molar-refractivity contribution is -0.119. The van der Waals surface area contributed by atoms with Crippen LogP contribution in [0.4, 0.5) is 11.4 Å². The first-order valence-corrected chi connectivity index (χ1v) is 9.55. The van der Waals surface area contributed by atoms with Crippen LogP contribution in [0, 0.1) is 5.92 Å². The second-order valence-corrected chi connectivity index (χ2v) is 7.96. The molecular formula is C18H18N2O3S. The van der Waals surface area contributed by atoms with Gasteiger partial charge in [-0.05, 0) is 55.2 Å². The van der Waals surface area contributed by atoms with Crippen LogP contribution in [0.2, 0.25) is 0 Å². The van der Waals surface area contributed by atoms with Gasteiger partial charge in [0.25, 0.3) is 10.0 Å². The lowest BCUT2D eigenvalue weighted by Crippen LogP contribution is -2.30. The summed E-state index contributed by atoms with van der Waals surface area (Å²) in [7, 11) is -3.59. The summed E-state index contributed by atoms with van der Waals surface area (Å²) in [5, 5.41) is 0. The van der Waals surface area contributed by atoms with E-state index in [1.807, 2.05) is 17.0 Å². The van der Waals surface area contributed by atoms with E-state index >= 15 is 0 Å². The summed E-state index contributed by atoms with van der Waals surface area (Å²) in [6, 6.07) is 13.7. The maximum atomic E-state index is 12.4. The molecule has 124 valence electrons. The lowest BCUT2D eigenvalue weighted by atomic mass is 10.1. The first-order chi connectivity index (χ1) is 11.5. The molecule has 0 bridgehead atoms. The van der Waals surface area contributed by atoms with Gasteiger partial charge < -0.3 is 4.90 Å². The Bertz CT molecular complexity index is 890. The Kier molecular flexibility index (Phi) is 3.57. The van der Waals surface area contributed by atoms with Gasteiger partial charge >= 0.3 is 0 Å². The number of amides is 1. The van der Waals surface area contributed by atoms with Crippen molar-refractivity contribution in [2.75, 3.05) is 16.2 Å². The summed E-state index contributed by atoms with van der Waals surface area (Å²) in [6.45, 7) is 0.680. The van der Waals surface area contributed by atoms with E-state index in [4.69, 9.17) is 0 Å². The number of hydrogen-bond acceptors (Lipinski definition) is 3. The molecular weight excluding hydrogens is 324 g/mol. The highest BCUT2D eigenvalue weighted by molar-refractivity contribution is 7.92. The predicted molar refractivity (Wildman–Crippen MR) is 92.5 cm³/mol. The van der Waals surface area contributed by atoms with Gasteiger partial charge in [0.05, 0.1) is 4.90 Å². The Morgan fingerprint density at radius 2 is 1.83 bits per heavy atom. The zero-order valence-electron chi connectivity index (χ0n) is 13.1. The summed E-state index contributed by atoms with van der Waals surface area (Å²) < 4.78 is 27.4. The van der Waals surface area contributed by atoms with Crippen molar-refractivity contribution < 1.29 is 13.2 Å². The van der Waals surface area contributed by atoms with Gasteiger partial charge in [0.2, 0.25) is 5.91 Å². The second kappa shape index (κ2) is 5.63. The summed E-state index contributed by atoms with van der Waals surface area (Å²) in [5.41, 5.74) is 2.45. The van der Waals surface area contributed by atoms with Crippen LogP contribution in [0.25, 0.3) is 0 Å². The topological polar surface area (TPSA) is 66.5 Å². The van der Waals surface area contributed by atoms with E-state index in [-0.39, 0.29) is 16.7 Å². The average Bonchev–Trinajstić information content (AvgIpc) is 3.35. The van der Waals surface area contributed by atoms with Gasteiger partial charge in [-0.15, -0.1) is 0 Å². The highest BCUT2D eigenvalue weighted by Crippen LogP contribution is 2.37. The van der Waals surface area contributed by atoms with Gasteiger partial charge in [0.15, 0.2) is 0 Å². The molecule has 2 aromatic rings. The summed E-state index contributed by atoms with van der Waals surface area (Å²) in [5.74, 6) is 0.388. The van der Waals surface area contributed by atoms with Crippen molar-refractivity contribution in [1.29, 1.82) is 0 Å². The molecule has 5 nitrogen and oxygen atoms in total. The van der Waals surface area contributed by atoms with Crippen molar-refractivity contribution in [3.8, 4) is 0 Å². The number of anilines is 2. The van der Waals surface area contributed by atoms with Gasteiger partial charge in [-0.3, -0.25) is 9.52 Å². The van der Waals surface area contributed by atoms with E-state index in [0.717, 1.165) is 30.5 Å². The number of carbonyl (C=O) groups excluding carboxylic acids is 1. The van der Waals surface area contributed by atoms with Crippen molar-refractivity contribution in [3.63, 3.8) is 0 Å². The van der Waals surface area contributed by atoms with Gasteiger partial charge in [-0.25, -0.2) is 8.42 Å². The van der Waals surface area contributed by atoms with Crippen molar-refractivity contribution in [3.05, 3.63) is 54.1 Å². The summed E-state index contributed by atoms with van der Waals surface area (Å²) in [4.78, 5) is 14.4. The zero-order valence-corrected chi connectivity index (χ0v) is 13.9. The number of benzene rings is 2. The second-order valence-electron chi connectivity index (χ2n) is 6.28. The first kappa shape index (κ1) is 15.2. The Balaban J connectivity index is 1.57. The zero-order chi connectivity index (χ0) is 16.7. The molecule has 1 aliphatic heterocycles. The standard InChI is InChI=1S/C18H18N2O3S/c21-18(13-6-7-13)20-11-10-14-12-15(8-9-17(14)20)19-24(22,23)16-4-2-1-3-5-16/h1-5,8-9,12-13,19H,6-7,10-11H2.